The molecule has 14 nitrogen and oxygen atoms in total. The second-order valence-corrected chi connectivity index (χ2v) is 4.72. The first-order valence-corrected chi connectivity index (χ1v) is 7.13. The Morgan fingerprint density at radius 3 is 1.63 bits per heavy atom. The molecule has 0 saturated carbocycles. The highest BCUT2D eigenvalue weighted by Crippen LogP contribution is 2.21. The number of aliphatic hydroxyl groups is 3. The lowest BCUT2D eigenvalue weighted by molar-refractivity contribution is -0.287. The molecule has 0 radical (unpaired) electrons. The van der Waals surface area contributed by atoms with E-state index >= 15 is 0 Å². The molecule has 1 saturated heterocycles. The number of aliphatic hydroxyl groups excluding tert-OH is 3. The van der Waals surface area contributed by atoms with E-state index in [0.717, 1.165) is 20.8 Å². The second-order valence-electron chi connectivity index (χ2n) is 4.72. The van der Waals surface area contributed by atoms with E-state index in [2.05, 4.69) is 10.0 Å². The van der Waals surface area contributed by atoms with Gasteiger partial charge >= 0.3 is 0 Å². The van der Waals surface area contributed by atoms with Gasteiger partial charge in [0.15, 0.2) is 6.29 Å². The zero-order chi connectivity index (χ0) is 22.2. The highest BCUT2D eigenvalue weighted by Gasteiger charge is 2.43. The van der Waals surface area contributed by atoms with Crippen molar-refractivity contribution in [3.05, 3.63) is 10.4 Å². The summed E-state index contributed by atoms with van der Waals surface area (Å²) in [5, 5.41) is 53.8. The molecule has 1 rings (SSSR count). The average molecular weight is 399 g/mol. The predicted octanol–water partition coefficient (Wildman–Crippen LogP) is -0.977. The Morgan fingerprint density at radius 1 is 0.963 bits per heavy atom. The topological polar surface area (TPSA) is 240 Å². The van der Waals surface area contributed by atoms with E-state index < -0.39 is 48.6 Å². The van der Waals surface area contributed by atoms with E-state index in [-0.39, 0.29) is 6.54 Å². The molecule has 158 valence electrons. The number of nitrogens with zero attached hydrogens (tertiary/aromatic N) is 3. The Morgan fingerprint density at radius 2 is 1.33 bits per heavy atom. The quantitative estimate of drug-likeness (QED) is 0.191. The first-order valence-electron chi connectivity index (χ1n) is 7.13. The maximum atomic E-state index is 9.47. The molecule has 0 aromatic rings. The lowest BCUT2D eigenvalue weighted by atomic mass is 9.99. The van der Waals surface area contributed by atoms with Gasteiger partial charge in [0.2, 0.25) is 0 Å². The molecule has 0 aromatic carbocycles. The minimum absolute atomic E-state index is 0.138. The summed E-state index contributed by atoms with van der Waals surface area (Å²) in [6.07, 6.45) is -5.95. The van der Waals surface area contributed by atoms with Gasteiger partial charge in [0.25, 0.3) is 17.9 Å². The summed E-state index contributed by atoms with van der Waals surface area (Å²) >= 11 is 0. The van der Waals surface area contributed by atoms with Gasteiger partial charge in [-0.05, 0) is 5.53 Å². The molecule has 6 N–H and O–H groups in total. The number of carbonyl (C=O) groups is 3. The molecule has 1 aliphatic heterocycles. The van der Waals surface area contributed by atoms with Crippen LogP contribution < -0.4 is 0 Å². The Kier molecular flexibility index (Phi) is 18.4. The number of methoxy groups -OCH3 is 1. The molecule has 14 heteroatoms. The van der Waals surface area contributed by atoms with E-state index in [4.69, 9.17) is 44.7 Å². The fourth-order valence-electron chi connectivity index (χ4n) is 1.38. The van der Waals surface area contributed by atoms with E-state index in [1.54, 1.807) is 0 Å². The van der Waals surface area contributed by atoms with Crippen molar-refractivity contribution in [3.63, 3.8) is 0 Å². The molecule has 0 bridgehead atoms. The molecular weight excluding hydrogens is 374 g/mol. The summed E-state index contributed by atoms with van der Waals surface area (Å²) in [6, 6.07) is 0. The maximum Gasteiger partial charge on any atom is 0.300 e. The molecule has 1 aliphatic rings. The largest absolute Gasteiger partial charge is 0.481 e. The van der Waals surface area contributed by atoms with Crippen molar-refractivity contribution in [1.29, 1.82) is 0 Å². The van der Waals surface area contributed by atoms with Crippen LogP contribution in [-0.4, -0.2) is 92.9 Å². The Balaban J connectivity index is -0.000000394. The van der Waals surface area contributed by atoms with Gasteiger partial charge in [-0.15, -0.1) is 0 Å². The fraction of sp³-hybridized carbons (Fsp3) is 0.769. The van der Waals surface area contributed by atoms with Gasteiger partial charge in [-0.3, -0.25) is 14.4 Å². The highest BCUT2D eigenvalue weighted by atomic mass is 16.7. The number of ether oxygens (including phenoxy) is 2. The minimum atomic E-state index is -1.39. The predicted molar refractivity (Wildman–Crippen MR) is 87.6 cm³/mol. The summed E-state index contributed by atoms with van der Waals surface area (Å²) < 4.78 is 9.84. The maximum absolute atomic E-state index is 9.47. The van der Waals surface area contributed by atoms with Crippen LogP contribution in [0.25, 0.3) is 10.4 Å². The summed E-state index contributed by atoms with van der Waals surface area (Å²) in [4.78, 5) is 29.5. The Labute approximate surface area is 154 Å². The summed E-state index contributed by atoms with van der Waals surface area (Å²) in [6.45, 7) is 3.11. The third-order valence-electron chi connectivity index (χ3n) is 2.23. The van der Waals surface area contributed by atoms with Crippen LogP contribution in [0.2, 0.25) is 0 Å². The third kappa shape index (κ3) is 19.7. The van der Waals surface area contributed by atoms with Crippen LogP contribution >= 0.6 is 0 Å². The normalized spacial score (nSPS) is 25.5. The van der Waals surface area contributed by atoms with Gasteiger partial charge in [-0.2, -0.15) is 0 Å². The zero-order valence-electron chi connectivity index (χ0n) is 15.2. The molecule has 0 aliphatic carbocycles. The van der Waals surface area contributed by atoms with Gasteiger partial charge in [0, 0.05) is 32.8 Å². The van der Waals surface area contributed by atoms with Gasteiger partial charge in [-0.25, -0.2) is 0 Å². The summed E-state index contributed by atoms with van der Waals surface area (Å²) in [5.74, 6) is -2.50. The molecule has 0 amide bonds. The number of hydrogen-bond acceptors (Lipinski definition) is 9. The van der Waals surface area contributed by atoms with Gasteiger partial charge in [-0.1, -0.05) is 5.11 Å². The molecule has 0 aromatic heterocycles. The van der Waals surface area contributed by atoms with Gasteiger partial charge in [0.05, 0.1) is 12.6 Å². The van der Waals surface area contributed by atoms with E-state index in [1.165, 1.54) is 7.11 Å². The van der Waals surface area contributed by atoms with Crippen molar-refractivity contribution in [1.82, 2.24) is 0 Å². The first kappa shape index (κ1) is 29.3. The Hall–Kier alpha value is -2.48. The number of azide groups is 1. The zero-order valence-corrected chi connectivity index (χ0v) is 15.2. The van der Waals surface area contributed by atoms with Crippen LogP contribution in [0.3, 0.4) is 0 Å². The van der Waals surface area contributed by atoms with Crippen LogP contribution in [-0.2, 0) is 23.9 Å². The van der Waals surface area contributed by atoms with Crippen LogP contribution in [0.5, 0.6) is 0 Å². The number of hydrogen-bond donors (Lipinski definition) is 6. The molecular formula is C13H25N3O11. The number of rotatable bonds is 3. The summed E-state index contributed by atoms with van der Waals surface area (Å²) in [7, 11) is 1.29. The van der Waals surface area contributed by atoms with Crippen LogP contribution in [0.4, 0.5) is 0 Å². The lowest BCUT2D eigenvalue weighted by Gasteiger charge is -2.39. The third-order valence-corrected chi connectivity index (χ3v) is 2.23. The second kappa shape index (κ2) is 17.0. The van der Waals surface area contributed by atoms with Crippen LogP contribution in [0.1, 0.15) is 20.8 Å². The Bertz CT molecular complexity index is 453. The monoisotopic (exact) mass is 399 g/mol. The van der Waals surface area contributed by atoms with E-state index in [9.17, 15) is 15.3 Å². The number of carboxylic acids is 3. The van der Waals surface area contributed by atoms with Crippen LogP contribution in [0, 0.1) is 0 Å². The highest BCUT2D eigenvalue weighted by molar-refractivity contribution is 5.63. The van der Waals surface area contributed by atoms with Crippen molar-refractivity contribution < 1.29 is 54.5 Å². The molecule has 1 fully saturated rings. The van der Waals surface area contributed by atoms with Crippen LogP contribution in [0.15, 0.2) is 5.11 Å². The lowest BCUT2D eigenvalue weighted by Crippen LogP contribution is -2.58. The van der Waals surface area contributed by atoms with E-state index in [0.29, 0.717) is 0 Å². The van der Waals surface area contributed by atoms with Crippen molar-refractivity contribution >= 4 is 17.9 Å². The first-order chi connectivity index (χ1) is 12.3. The smallest absolute Gasteiger partial charge is 0.300 e. The minimum Gasteiger partial charge on any atom is -0.481 e. The molecule has 5 atom stereocenters. The molecule has 27 heavy (non-hydrogen) atoms. The molecule has 5 unspecified atom stereocenters. The van der Waals surface area contributed by atoms with Crippen molar-refractivity contribution in [2.45, 2.75) is 51.5 Å². The SMILES string of the molecule is CC(=O)O.CC(=O)O.CC(=O)O.COC1OC(CN=[N+]=[N-])C(O)C(O)C1O. The average Bonchev–Trinajstić information content (AvgIpc) is 2.50. The number of aliphatic carboxylic acids is 3. The molecule has 0 spiro atoms. The van der Waals surface area contributed by atoms with Crippen molar-refractivity contribution in [2.24, 2.45) is 5.11 Å². The summed E-state index contributed by atoms with van der Waals surface area (Å²) in [5.41, 5.74) is 8.10. The fourth-order valence-corrected chi connectivity index (χ4v) is 1.38. The standard InChI is InChI=1S/C7H13N3O5.3C2H4O2/c1-14-7-6(13)5(12)4(11)3(15-7)2-9-10-8;3*1-2(3)4/h3-7,11-13H,2H2,1H3;3*1H3,(H,3,4). The molecule has 1 heterocycles. The van der Waals surface area contributed by atoms with Gasteiger partial charge in [0.1, 0.15) is 18.3 Å². The van der Waals surface area contributed by atoms with Gasteiger partial charge < -0.3 is 40.1 Å². The number of carboxylic acid groups (broad SMARTS) is 3. The van der Waals surface area contributed by atoms with Crippen molar-refractivity contribution in [3.8, 4) is 0 Å². The van der Waals surface area contributed by atoms with Crippen molar-refractivity contribution in [2.75, 3.05) is 13.7 Å². The van der Waals surface area contributed by atoms with E-state index in [1.807, 2.05) is 0 Å².